The molecule has 0 saturated heterocycles. The molecule has 22 heteroatoms. The number of alkyl carbamates (subject to hydrolysis) is 2. The molecule has 0 aromatic heterocycles. The van der Waals surface area contributed by atoms with Crippen molar-refractivity contribution >= 4 is 59.8 Å². The van der Waals surface area contributed by atoms with Gasteiger partial charge >= 0.3 is 48.0 Å². The lowest BCUT2D eigenvalue weighted by Crippen LogP contribution is -2.59. The Morgan fingerprint density at radius 1 is 0.390 bits per heavy atom. The van der Waals surface area contributed by atoms with E-state index < -0.39 is 106 Å². The molecule has 4 N–H and O–H groups in total. The average molecular weight is 1360 g/mol. The van der Waals surface area contributed by atoms with Crippen LogP contribution in [0.3, 0.4) is 0 Å². The molecule has 6 aromatic rings. The molecule has 6 aromatic carbocycles. The van der Waals surface area contributed by atoms with Crippen molar-refractivity contribution in [2.45, 2.75) is 140 Å². The van der Waals surface area contributed by atoms with Gasteiger partial charge in [-0.1, -0.05) is 109 Å². The Hall–Kier alpha value is -10.4. The van der Waals surface area contributed by atoms with Crippen LogP contribution in [0, 0.1) is 45.3 Å². The number of hydrogen-bond donors (Lipinski definition) is 4. The third-order valence-electron chi connectivity index (χ3n) is 21.4. The van der Waals surface area contributed by atoms with Crippen LogP contribution < -0.4 is 40.2 Å². The van der Waals surface area contributed by atoms with Gasteiger partial charge in [-0.3, -0.25) is 28.8 Å². The summed E-state index contributed by atoms with van der Waals surface area (Å²) in [5.41, 5.74) is -0.213. The van der Waals surface area contributed by atoms with Crippen molar-refractivity contribution in [3.63, 3.8) is 0 Å². The second-order valence-corrected chi connectivity index (χ2v) is 28.7. The highest BCUT2D eigenvalue weighted by Crippen LogP contribution is 2.67. The fraction of sp³-hybridized carbons (Fsp3) is 0.410. The lowest BCUT2D eigenvalue weighted by atomic mass is 9.44. The predicted octanol–water partition coefficient (Wildman–Crippen LogP) is 9.67. The molecule has 520 valence electrons. The first-order chi connectivity index (χ1) is 48.2. The van der Waals surface area contributed by atoms with E-state index in [1.165, 1.54) is 14.2 Å². The van der Waals surface area contributed by atoms with E-state index in [2.05, 4.69) is 21.3 Å². The first-order valence-electron chi connectivity index (χ1n) is 34.2. The molecule has 8 aliphatic carbocycles. The summed E-state index contributed by atoms with van der Waals surface area (Å²) in [7, 11) is 2.39. The highest BCUT2D eigenvalue weighted by molar-refractivity contribution is 5.92. The largest absolute Gasteiger partial charge is 0.467 e. The Bertz CT molecular complexity index is 3790. The molecule has 7 heterocycles. The number of ether oxygens (including phenoxy) is 8. The molecule has 4 spiro atoms. The Labute approximate surface area is 578 Å². The fourth-order valence-corrected chi connectivity index (χ4v) is 17.5. The van der Waals surface area contributed by atoms with Crippen molar-refractivity contribution in [3.05, 3.63) is 191 Å². The van der Waals surface area contributed by atoms with Gasteiger partial charge in [-0.15, -0.1) is 0 Å². The number of carbonyl (C=O) groups excluding carboxylic acids is 10. The van der Waals surface area contributed by atoms with Gasteiger partial charge in [0.05, 0.1) is 35.9 Å². The maximum atomic E-state index is 14.6. The Balaban J connectivity index is 0.771. The van der Waals surface area contributed by atoms with Crippen LogP contribution in [0.15, 0.2) is 158 Å². The molecule has 7 aliphatic heterocycles. The summed E-state index contributed by atoms with van der Waals surface area (Å²) in [4.78, 5) is 141. The summed E-state index contributed by atoms with van der Waals surface area (Å²) < 4.78 is 46.0. The maximum Gasteiger partial charge on any atom is 0.408 e. The van der Waals surface area contributed by atoms with E-state index in [9.17, 15) is 47.9 Å². The van der Waals surface area contributed by atoms with E-state index in [-0.39, 0.29) is 98.4 Å². The summed E-state index contributed by atoms with van der Waals surface area (Å²) in [5.74, 6) is -3.63. The SMILES string of the molecule is COC(=O)C1Cc2ccc(cc2)OC(=O)C23CC4CC(C2)CC(C4)(C3)C(=O)Oc2ccc(cc2)CC(C(=O)OC)NC(=O)C(NC(=O)OCc2ccccc2)Cc2ccc(cc2)OC(=O)C23CC4CC(CC(C4)(C2)C(=O)Oc2ccc(cc2)CC(NC(=O)OCc2ccccc2)C(=O)N1)C3. The quantitative estimate of drug-likeness (QED) is 0.0626. The lowest BCUT2D eigenvalue weighted by Gasteiger charge is -2.59. The minimum absolute atomic E-state index is 0.0564. The molecule has 4 amide bonds. The number of amides is 4. The van der Waals surface area contributed by atoms with E-state index in [4.69, 9.17) is 37.9 Å². The highest BCUT2D eigenvalue weighted by Gasteiger charge is 2.66. The van der Waals surface area contributed by atoms with Gasteiger partial charge < -0.3 is 59.2 Å². The first kappa shape index (κ1) is 68.2. The predicted molar refractivity (Wildman–Crippen MR) is 357 cm³/mol. The maximum absolute atomic E-state index is 14.6. The number of methoxy groups -OCH3 is 2. The highest BCUT2D eigenvalue weighted by atomic mass is 16.6. The molecule has 100 heavy (non-hydrogen) atoms. The van der Waals surface area contributed by atoms with Crippen LogP contribution in [-0.4, -0.2) is 98.2 Å². The first-order valence-corrected chi connectivity index (χ1v) is 34.2. The van der Waals surface area contributed by atoms with Crippen LogP contribution in [0.2, 0.25) is 0 Å². The molecule has 0 radical (unpaired) electrons. The second-order valence-electron chi connectivity index (χ2n) is 28.7. The van der Waals surface area contributed by atoms with Crippen LogP contribution in [0.5, 0.6) is 23.0 Å². The van der Waals surface area contributed by atoms with Crippen LogP contribution in [0.4, 0.5) is 9.59 Å². The Morgan fingerprint density at radius 2 is 0.660 bits per heavy atom. The molecule has 4 atom stereocenters. The monoisotopic (exact) mass is 1360 g/mol. The summed E-state index contributed by atoms with van der Waals surface area (Å²) in [6.07, 6.45) is 4.44. The van der Waals surface area contributed by atoms with Crippen molar-refractivity contribution in [1.82, 2.24) is 21.3 Å². The molecular weight excluding hydrogens is 1280 g/mol. The van der Waals surface area contributed by atoms with E-state index >= 15 is 0 Å². The van der Waals surface area contributed by atoms with Gasteiger partial charge in [-0.05, 0) is 183 Å². The number of esters is 6. The average Bonchev–Trinajstić information content (AvgIpc) is 0.718. The molecule has 16 bridgehead atoms. The number of benzene rings is 6. The van der Waals surface area contributed by atoms with Crippen molar-refractivity contribution < 1.29 is 85.8 Å². The molecule has 22 nitrogen and oxygen atoms in total. The van der Waals surface area contributed by atoms with Gasteiger partial charge in [0.15, 0.2) is 0 Å². The van der Waals surface area contributed by atoms with Crippen molar-refractivity contribution in [1.29, 1.82) is 0 Å². The fourth-order valence-electron chi connectivity index (χ4n) is 17.5. The molecule has 15 aliphatic rings. The number of rotatable bonds is 8. The molecule has 8 fully saturated rings. The van der Waals surface area contributed by atoms with Gasteiger partial charge in [-0.25, -0.2) is 19.2 Å². The van der Waals surface area contributed by atoms with Gasteiger partial charge in [0.25, 0.3) is 0 Å². The summed E-state index contributed by atoms with van der Waals surface area (Å²) in [6.45, 7) is -0.178. The summed E-state index contributed by atoms with van der Waals surface area (Å²) in [6, 6.07) is 39.0. The second kappa shape index (κ2) is 28.8. The molecule has 4 unspecified atom stereocenters. The molecule has 21 rings (SSSR count). The van der Waals surface area contributed by atoms with E-state index in [1.807, 2.05) is 12.1 Å². The zero-order chi connectivity index (χ0) is 69.8. The summed E-state index contributed by atoms with van der Waals surface area (Å²) in [5, 5.41) is 10.9. The Morgan fingerprint density at radius 3 is 0.930 bits per heavy atom. The van der Waals surface area contributed by atoms with Gasteiger partial charge in [0.2, 0.25) is 11.8 Å². The lowest BCUT2D eigenvalue weighted by molar-refractivity contribution is -0.184. The van der Waals surface area contributed by atoms with Crippen LogP contribution in [-0.2, 0) is 96.2 Å². The third kappa shape index (κ3) is 15.3. The van der Waals surface area contributed by atoms with Crippen LogP contribution in [0.1, 0.15) is 110 Å². The third-order valence-corrected chi connectivity index (χ3v) is 21.4. The van der Waals surface area contributed by atoms with Crippen molar-refractivity contribution in [2.75, 3.05) is 14.2 Å². The zero-order valence-corrected chi connectivity index (χ0v) is 55.7. The van der Waals surface area contributed by atoms with Gasteiger partial charge in [0.1, 0.15) is 60.4 Å². The summed E-state index contributed by atoms with van der Waals surface area (Å²) >= 11 is 0. The van der Waals surface area contributed by atoms with Gasteiger partial charge in [-0.2, -0.15) is 0 Å². The van der Waals surface area contributed by atoms with Crippen LogP contribution in [0.25, 0.3) is 0 Å². The number of hydrogen-bond acceptors (Lipinski definition) is 18. The van der Waals surface area contributed by atoms with Gasteiger partial charge in [0, 0.05) is 25.7 Å². The molecular formula is C78H80N4O18. The number of nitrogens with one attached hydrogen (secondary N) is 4. The zero-order valence-electron chi connectivity index (χ0n) is 55.7. The topological polar surface area (TPSA) is 293 Å². The molecule has 8 saturated carbocycles. The number of carbonyl (C=O) groups is 10. The van der Waals surface area contributed by atoms with E-state index in [0.29, 0.717) is 84.7 Å². The van der Waals surface area contributed by atoms with Crippen molar-refractivity contribution in [3.8, 4) is 23.0 Å². The Kier molecular flexibility index (Phi) is 19.6. The van der Waals surface area contributed by atoms with Crippen molar-refractivity contribution in [2.24, 2.45) is 45.3 Å². The normalized spacial score (nSPS) is 28.9. The van der Waals surface area contributed by atoms with E-state index in [1.54, 1.807) is 146 Å². The standard InChI is InChI=1S/C78H80N4O18/c1-93-67(85)63-33-49-17-25-59(26-18-49)99-71(89)77-39-55-30-56(40-77)42-78(41-55,46-77)72(90)100-60-27-19-50(20-28-60)34-64(68(86)94-2)80-66(84)62(82-74(92)96-44-52-11-7-4-8-12-52)32-48-15-23-58(24-16-48)98-70(88)76-37-53-29-54(38-76)36-75(35-53,45-76)69(87)97-57-21-13-47(14-22-57)31-61(65(83)79-63)81-73(91)95-43-51-9-5-3-6-10-51/h3-28,53-56,61-64H,29-46H2,1-2H3,(H,79,83)(H,80,84)(H,81,91)(H,82,92). The van der Waals surface area contributed by atoms with E-state index in [0.717, 1.165) is 12.8 Å². The minimum atomic E-state index is -1.29. The minimum Gasteiger partial charge on any atom is -0.467 e. The van der Waals surface area contributed by atoms with Crippen LogP contribution >= 0.6 is 0 Å². The smallest absolute Gasteiger partial charge is 0.408 e.